The van der Waals surface area contributed by atoms with Gasteiger partial charge in [0.2, 0.25) is 0 Å². The van der Waals surface area contributed by atoms with E-state index in [-0.39, 0.29) is 0 Å². The number of pyridine rings is 1. The lowest BCUT2D eigenvalue weighted by Gasteiger charge is -2.33. The van der Waals surface area contributed by atoms with Gasteiger partial charge in [0.15, 0.2) is 0 Å². The van der Waals surface area contributed by atoms with Crippen LogP contribution in [0.1, 0.15) is 30.9 Å². The summed E-state index contributed by atoms with van der Waals surface area (Å²) >= 11 is 6.17. The van der Waals surface area contributed by atoms with Crippen molar-refractivity contribution in [3.05, 3.63) is 46.6 Å². The molecule has 1 aliphatic heterocycles. The van der Waals surface area contributed by atoms with E-state index >= 15 is 0 Å². The molecule has 6 heteroatoms. The highest BCUT2D eigenvalue weighted by Crippen LogP contribution is 2.27. The lowest BCUT2D eigenvalue weighted by atomic mass is 10.0. The predicted octanol–water partition coefficient (Wildman–Crippen LogP) is 4.10. The monoisotopic (exact) mass is 374 g/mol. The van der Waals surface area contributed by atoms with Gasteiger partial charge in [-0.15, -0.1) is 0 Å². The van der Waals surface area contributed by atoms with E-state index in [4.69, 9.17) is 22.1 Å². The number of nitrogen functional groups attached to an aromatic ring is 1. The number of hydrogen-bond acceptors (Lipinski definition) is 5. The van der Waals surface area contributed by atoms with Crippen LogP contribution < -0.4 is 15.8 Å². The fraction of sp³-hybridized carbons (Fsp3) is 0.450. The van der Waals surface area contributed by atoms with Crippen LogP contribution in [0.3, 0.4) is 0 Å². The number of anilines is 2. The lowest BCUT2D eigenvalue weighted by molar-refractivity contribution is 0.211. The maximum Gasteiger partial charge on any atom is 0.138 e. The first-order chi connectivity index (χ1) is 12.5. The van der Waals surface area contributed by atoms with Gasteiger partial charge in [0.1, 0.15) is 11.6 Å². The van der Waals surface area contributed by atoms with Gasteiger partial charge in [-0.1, -0.05) is 17.7 Å². The number of rotatable bonds is 6. The Morgan fingerprint density at radius 1 is 1.31 bits per heavy atom. The van der Waals surface area contributed by atoms with Crippen molar-refractivity contribution < 1.29 is 4.74 Å². The van der Waals surface area contributed by atoms with Crippen molar-refractivity contribution in [1.82, 2.24) is 9.88 Å². The van der Waals surface area contributed by atoms with Crippen LogP contribution in [0.5, 0.6) is 5.75 Å². The third kappa shape index (κ3) is 4.80. The van der Waals surface area contributed by atoms with Crippen molar-refractivity contribution in [1.29, 1.82) is 0 Å². The van der Waals surface area contributed by atoms with Crippen LogP contribution in [-0.2, 0) is 6.54 Å². The van der Waals surface area contributed by atoms with Crippen molar-refractivity contribution in [3.8, 4) is 5.75 Å². The molecule has 0 amide bonds. The number of halogens is 1. The van der Waals surface area contributed by atoms with Crippen LogP contribution in [0.25, 0.3) is 0 Å². The molecule has 1 aliphatic rings. The number of nitrogens with two attached hydrogens (primary N) is 1. The quantitative estimate of drug-likeness (QED) is 0.796. The van der Waals surface area contributed by atoms with Crippen LogP contribution in [0.4, 0.5) is 11.5 Å². The second-order valence-corrected chi connectivity index (χ2v) is 7.23. The number of piperidine rings is 1. The number of aryl methyl sites for hydroxylation is 1. The fourth-order valence-corrected chi connectivity index (χ4v) is 3.48. The normalized spacial score (nSPS) is 15.8. The summed E-state index contributed by atoms with van der Waals surface area (Å²) < 4.78 is 5.59. The summed E-state index contributed by atoms with van der Waals surface area (Å²) in [6.07, 6.45) is 4.03. The molecule has 0 atom stereocenters. The van der Waals surface area contributed by atoms with Crippen LogP contribution >= 0.6 is 11.6 Å². The highest BCUT2D eigenvalue weighted by atomic mass is 35.5. The van der Waals surface area contributed by atoms with E-state index in [2.05, 4.69) is 33.4 Å². The molecule has 2 heterocycles. The summed E-state index contributed by atoms with van der Waals surface area (Å²) in [7, 11) is 0. The smallest absolute Gasteiger partial charge is 0.138 e. The number of aromatic nitrogens is 1. The maximum absolute atomic E-state index is 6.17. The number of hydrogen-bond donors (Lipinski definition) is 2. The molecule has 2 aromatic rings. The molecule has 0 unspecified atom stereocenters. The predicted molar refractivity (Wildman–Crippen MR) is 108 cm³/mol. The Bertz CT molecular complexity index is 745. The van der Waals surface area contributed by atoms with Gasteiger partial charge < -0.3 is 15.8 Å². The van der Waals surface area contributed by atoms with E-state index in [0.29, 0.717) is 23.5 Å². The molecule has 0 radical (unpaired) electrons. The Morgan fingerprint density at radius 3 is 2.77 bits per heavy atom. The minimum atomic E-state index is 0.472. The number of likely N-dealkylation sites (tertiary alicyclic amines) is 1. The molecule has 0 bridgehead atoms. The molecule has 0 aliphatic carbocycles. The van der Waals surface area contributed by atoms with Gasteiger partial charge in [-0.05, 0) is 56.0 Å². The third-order valence-corrected chi connectivity index (χ3v) is 5.09. The Balaban J connectivity index is 1.52. The number of nitrogens with one attached hydrogen (secondary N) is 1. The summed E-state index contributed by atoms with van der Waals surface area (Å²) in [5.41, 5.74) is 9.09. The Hall–Kier alpha value is -1.98. The van der Waals surface area contributed by atoms with Crippen molar-refractivity contribution in [2.75, 3.05) is 30.7 Å². The van der Waals surface area contributed by atoms with Crippen LogP contribution in [0, 0.1) is 6.92 Å². The zero-order valence-corrected chi connectivity index (χ0v) is 16.2. The lowest BCUT2D eigenvalue weighted by Crippen LogP contribution is -2.38. The molecular formula is C20H27ClN4O. The van der Waals surface area contributed by atoms with Crippen molar-refractivity contribution in [2.45, 2.75) is 39.3 Å². The van der Waals surface area contributed by atoms with Crippen molar-refractivity contribution in [3.63, 3.8) is 0 Å². The highest BCUT2D eigenvalue weighted by molar-refractivity contribution is 6.32. The zero-order chi connectivity index (χ0) is 18.5. The molecule has 1 fully saturated rings. The zero-order valence-electron chi connectivity index (χ0n) is 15.5. The summed E-state index contributed by atoms with van der Waals surface area (Å²) in [6, 6.07) is 8.60. The van der Waals surface area contributed by atoms with E-state index < -0.39 is 0 Å². The van der Waals surface area contributed by atoms with E-state index in [1.54, 1.807) is 0 Å². The Kier molecular flexibility index (Phi) is 6.22. The van der Waals surface area contributed by atoms with Gasteiger partial charge in [0.05, 0.1) is 23.5 Å². The van der Waals surface area contributed by atoms with Gasteiger partial charge in [-0.3, -0.25) is 4.90 Å². The molecule has 1 aromatic heterocycles. The molecule has 3 rings (SSSR count). The maximum atomic E-state index is 6.17. The van der Waals surface area contributed by atoms with E-state index in [1.165, 1.54) is 5.56 Å². The average molecular weight is 375 g/mol. The SMILES string of the molecule is CCOc1cc(CN2CCC(Nc3cnc(N)c(C)c3)CC2)ccc1Cl. The van der Waals surface area contributed by atoms with Crippen molar-refractivity contribution in [2.24, 2.45) is 0 Å². The molecule has 140 valence electrons. The second kappa shape index (κ2) is 8.60. The van der Waals surface area contributed by atoms with Gasteiger partial charge in [0.25, 0.3) is 0 Å². The first kappa shape index (κ1) is 18.8. The van der Waals surface area contributed by atoms with E-state index in [0.717, 1.165) is 49.5 Å². The molecule has 3 N–H and O–H groups in total. The summed E-state index contributed by atoms with van der Waals surface area (Å²) in [6.45, 7) is 7.63. The van der Waals surface area contributed by atoms with Gasteiger partial charge in [-0.2, -0.15) is 0 Å². The minimum absolute atomic E-state index is 0.472. The summed E-state index contributed by atoms with van der Waals surface area (Å²) in [5, 5.41) is 4.26. The first-order valence-corrected chi connectivity index (χ1v) is 9.55. The Labute approximate surface area is 160 Å². The largest absolute Gasteiger partial charge is 0.492 e. The average Bonchev–Trinajstić information content (AvgIpc) is 2.63. The summed E-state index contributed by atoms with van der Waals surface area (Å²) in [4.78, 5) is 6.70. The highest BCUT2D eigenvalue weighted by Gasteiger charge is 2.19. The van der Waals surface area contributed by atoms with Crippen molar-refractivity contribution >= 4 is 23.1 Å². The number of ether oxygens (including phenoxy) is 1. The van der Waals surface area contributed by atoms with Crippen LogP contribution in [0.15, 0.2) is 30.5 Å². The van der Waals surface area contributed by atoms with Gasteiger partial charge in [0, 0.05) is 25.7 Å². The number of benzene rings is 1. The second-order valence-electron chi connectivity index (χ2n) is 6.82. The minimum Gasteiger partial charge on any atom is -0.492 e. The molecular weight excluding hydrogens is 348 g/mol. The molecule has 0 spiro atoms. The van der Waals surface area contributed by atoms with E-state index in [9.17, 15) is 0 Å². The number of nitrogens with zero attached hydrogens (tertiary/aromatic N) is 2. The topological polar surface area (TPSA) is 63.4 Å². The molecule has 26 heavy (non-hydrogen) atoms. The van der Waals surface area contributed by atoms with Gasteiger partial charge in [-0.25, -0.2) is 4.98 Å². The fourth-order valence-electron chi connectivity index (χ4n) is 3.31. The Morgan fingerprint density at radius 2 is 2.08 bits per heavy atom. The molecule has 1 saturated heterocycles. The van der Waals surface area contributed by atoms with Gasteiger partial charge >= 0.3 is 0 Å². The van der Waals surface area contributed by atoms with E-state index in [1.807, 2.05) is 26.1 Å². The standard InChI is InChI=1S/C20H27ClN4O/c1-3-26-19-11-15(4-5-18(19)21)13-25-8-6-16(7-9-25)24-17-10-14(2)20(22)23-12-17/h4-5,10-12,16,24H,3,6-9,13H2,1-2H3,(H2,22,23). The molecule has 0 saturated carbocycles. The molecule has 5 nitrogen and oxygen atoms in total. The summed E-state index contributed by atoms with van der Waals surface area (Å²) in [5.74, 6) is 1.37. The third-order valence-electron chi connectivity index (χ3n) is 4.78. The molecule has 1 aromatic carbocycles. The van der Waals surface area contributed by atoms with Crippen LogP contribution in [-0.4, -0.2) is 35.6 Å². The first-order valence-electron chi connectivity index (χ1n) is 9.17. The van der Waals surface area contributed by atoms with Crippen LogP contribution in [0.2, 0.25) is 5.02 Å².